The number of pyridine rings is 1. The van der Waals surface area contributed by atoms with Gasteiger partial charge in [-0.2, -0.15) is 11.8 Å². The molecule has 0 bridgehead atoms. The predicted molar refractivity (Wildman–Crippen MR) is 113 cm³/mol. The van der Waals surface area contributed by atoms with Gasteiger partial charge in [0.1, 0.15) is 5.82 Å². The first-order valence-electron chi connectivity index (χ1n) is 9.98. The van der Waals surface area contributed by atoms with Gasteiger partial charge in [0.05, 0.1) is 0 Å². The van der Waals surface area contributed by atoms with Crippen molar-refractivity contribution < 1.29 is 0 Å². The first-order valence-corrected chi connectivity index (χ1v) is 11.3. The molecule has 3 rings (SSSR count). The predicted octanol–water partition coefficient (Wildman–Crippen LogP) is 3.41. The van der Waals surface area contributed by atoms with Crippen LogP contribution in [0.1, 0.15) is 50.5 Å². The van der Waals surface area contributed by atoms with Gasteiger partial charge < -0.3 is 15.5 Å². The van der Waals surface area contributed by atoms with E-state index in [-0.39, 0.29) is 0 Å². The molecule has 6 heteroatoms. The maximum absolute atomic E-state index is 4.69. The number of nitrogens with zero attached hydrogens (tertiary/aromatic N) is 3. The Bertz CT molecular complexity index is 566. The number of hydrogen-bond donors (Lipinski definition) is 2. The highest BCUT2D eigenvalue weighted by Crippen LogP contribution is 2.28. The van der Waals surface area contributed by atoms with Crippen molar-refractivity contribution in [1.29, 1.82) is 0 Å². The minimum Gasteiger partial charge on any atom is -0.357 e. The highest BCUT2D eigenvalue weighted by Gasteiger charge is 2.24. The fraction of sp³-hybridized carbons (Fsp3) is 0.700. The molecule has 1 saturated heterocycles. The Morgan fingerprint density at radius 2 is 2.04 bits per heavy atom. The molecular weight excluding hydrogens is 342 g/mol. The van der Waals surface area contributed by atoms with Crippen molar-refractivity contribution in [2.75, 3.05) is 31.3 Å². The van der Waals surface area contributed by atoms with Gasteiger partial charge in [0.25, 0.3) is 0 Å². The molecule has 1 aromatic heterocycles. The molecule has 2 N–H and O–H groups in total. The average molecular weight is 376 g/mol. The smallest absolute Gasteiger partial charge is 0.191 e. The third-order valence-corrected chi connectivity index (χ3v) is 6.58. The Morgan fingerprint density at radius 3 is 2.65 bits per heavy atom. The zero-order valence-electron chi connectivity index (χ0n) is 16.2. The molecule has 2 atom stereocenters. The van der Waals surface area contributed by atoms with Gasteiger partial charge in [0.2, 0.25) is 0 Å². The molecule has 0 spiro atoms. The van der Waals surface area contributed by atoms with Crippen LogP contribution in [-0.4, -0.2) is 48.6 Å². The van der Waals surface area contributed by atoms with E-state index < -0.39 is 0 Å². The molecule has 2 fully saturated rings. The minimum atomic E-state index is 0.544. The second-order valence-corrected chi connectivity index (χ2v) is 8.50. The van der Waals surface area contributed by atoms with E-state index in [9.17, 15) is 0 Å². The van der Waals surface area contributed by atoms with Crippen LogP contribution in [0, 0.1) is 0 Å². The number of thioether (sulfide) groups is 1. The number of hydrogen-bond acceptors (Lipinski definition) is 4. The van der Waals surface area contributed by atoms with Crippen LogP contribution in [0.25, 0.3) is 0 Å². The van der Waals surface area contributed by atoms with Crippen LogP contribution in [0.3, 0.4) is 0 Å². The van der Waals surface area contributed by atoms with Gasteiger partial charge in [0, 0.05) is 44.2 Å². The van der Waals surface area contributed by atoms with Crippen LogP contribution in [0.2, 0.25) is 0 Å². The van der Waals surface area contributed by atoms with Crippen LogP contribution in [0.5, 0.6) is 0 Å². The summed E-state index contributed by atoms with van der Waals surface area (Å²) < 4.78 is 0. The van der Waals surface area contributed by atoms with Gasteiger partial charge in [-0.05, 0) is 50.0 Å². The van der Waals surface area contributed by atoms with Crippen molar-refractivity contribution in [2.45, 2.75) is 62.8 Å². The number of guanidine groups is 1. The van der Waals surface area contributed by atoms with Crippen LogP contribution in [0.15, 0.2) is 23.3 Å². The summed E-state index contributed by atoms with van der Waals surface area (Å²) >= 11 is 1.98. The molecule has 2 aliphatic rings. The summed E-state index contributed by atoms with van der Waals surface area (Å²) in [6.07, 6.45) is 13.2. The van der Waals surface area contributed by atoms with Crippen molar-refractivity contribution in [2.24, 2.45) is 4.99 Å². The zero-order valence-corrected chi connectivity index (χ0v) is 17.0. The maximum Gasteiger partial charge on any atom is 0.191 e. The lowest BCUT2D eigenvalue weighted by atomic mass is 10.2. The lowest BCUT2D eigenvalue weighted by Gasteiger charge is -2.21. The average Bonchev–Trinajstić information content (AvgIpc) is 2.96. The Labute approximate surface area is 162 Å². The second-order valence-electron chi connectivity index (χ2n) is 7.36. The van der Waals surface area contributed by atoms with Crippen LogP contribution < -0.4 is 15.5 Å². The van der Waals surface area contributed by atoms with E-state index >= 15 is 0 Å². The van der Waals surface area contributed by atoms with Crippen molar-refractivity contribution in [1.82, 2.24) is 15.6 Å². The SMILES string of the molecule is CN=C(NCc1ccc(N2CCCCCC2)nc1)NC1CCC(SC)C1. The summed E-state index contributed by atoms with van der Waals surface area (Å²) in [4.78, 5) is 11.5. The number of aliphatic imine (C=N–C) groups is 1. The zero-order chi connectivity index (χ0) is 18.2. The number of nitrogens with one attached hydrogen (secondary N) is 2. The van der Waals surface area contributed by atoms with Gasteiger partial charge in [-0.3, -0.25) is 4.99 Å². The third-order valence-electron chi connectivity index (χ3n) is 5.48. The Hall–Kier alpha value is -1.43. The molecule has 0 aromatic carbocycles. The summed E-state index contributed by atoms with van der Waals surface area (Å²) in [5.41, 5.74) is 1.19. The lowest BCUT2D eigenvalue weighted by molar-refractivity contribution is 0.614. The van der Waals surface area contributed by atoms with Gasteiger partial charge in [-0.15, -0.1) is 0 Å². The molecule has 2 unspecified atom stereocenters. The minimum absolute atomic E-state index is 0.544. The summed E-state index contributed by atoms with van der Waals surface area (Å²) in [6, 6.07) is 4.90. The van der Waals surface area contributed by atoms with Gasteiger partial charge in [-0.25, -0.2) is 4.98 Å². The fourth-order valence-electron chi connectivity index (χ4n) is 3.87. The molecule has 5 nitrogen and oxygen atoms in total. The molecule has 1 aliphatic heterocycles. The van der Waals surface area contributed by atoms with E-state index in [0.717, 1.165) is 36.7 Å². The largest absolute Gasteiger partial charge is 0.357 e. The van der Waals surface area contributed by atoms with Gasteiger partial charge in [-0.1, -0.05) is 18.9 Å². The van der Waals surface area contributed by atoms with E-state index in [1.54, 1.807) is 0 Å². The number of anilines is 1. The van der Waals surface area contributed by atoms with E-state index in [1.807, 2.05) is 25.0 Å². The molecular formula is C20H33N5S. The topological polar surface area (TPSA) is 52.6 Å². The molecule has 0 amide bonds. The molecule has 1 aliphatic carbocycles. The lowest BCUT2D eigenvalue weighted by Crippen LogP contribution is -2.42. The van der Waals surface area contributed by atoms with Gasteiger partial charge in [0.15, 0.2) is 5.96 Å². The normalized spacial score (nSPS) is 24.4. The quantitative estimate of drug-likeness (QED) is 0.610. The summed E-state index contributed by atoms with van der Waals surface area (Å²) in [7, 11) is 1.84. The van der Waals surface area contributed by atoms with Crippen LogP contribution in [0.4, 0.5) is 5.82 Å². The molecule has 0 radical (unpaired) electrons. The van der Waals surface area contributed by atoms with Gasteiger partial charge >= 0.3 is 0 Å². The van der Waals surface area contributed by atoms with Crippen molar-refractivity contribution in [3.63, 3.8) is 0 Å². The van der Waals surface area contributed by atoms with E-state index in [4.69, 9.17) is 4.98 Å². The van der Waals surface area contributed by atoms with E-state index in [0.29, 0.717) is 6.04 Å². The van der Waals surface area contributed by atoms with Crippen molar-refractivity contribution >= 4 is 23.5 Å². The van der Waals surface area contributed by atoms with E-state index in [2.05, 4.69) is 38.9 Å². The fourth-order valence-corrected chi connectivity index (χ4v) is 4.66. The van der Waals surface area contributed by atoms with Crippen molar-refractivity contribution in [3.8, 4) is 0 Å². The number of rotatable bonds is 5. The standard InChI is InChI=1S/C20H33N5S/c1-21-20(24-17-8-9-18(13-17)26-2)23-15-16-7-10-19(22-14-16)25-11-5-3-4-6-12-25/h7,10,14,17-18H,3-6,8-9,11-13,15H2,1-2H3,(H2,21,23,24). The first kappa shape index (κ1) is 19.3. The Kier molecular flexibility index (Phi) is 7.47. The molecule has 144 valence electrons. The monoisotopic (exact) mass is 375 g/mol. The molecule has 1 aromatic rings. The Balaban J connectivity index is 1.47. The maximum atomic E-state index is 4.69. The van der Waals surface area contributed by atoms with Crippen LogP contribution >= 0.6 is 11.8 Å². The summed E-state index contributed by atoms with van der Waals surface area (Å²) in [5.74, 6) is 2.01. The third kappa shape index (κ3) is 5.53. The molecule has 1 saturated carbocycles. The highest BCUT2D eigenvalue weighted by molar-refractivity contribution is 7.99. The summed E-state index contributed by atoms with van der Waals surface area (Å²) in [5, 5.41) is 7.79. The summed E-state index contributed by atoms with van der Waals surface area (Å²) in [6.45, 7) is 3.03. The Morgan fingerprint density at radius 1 is 1.23 bits per heavy atom. The second kappa shape index (κ2) is 10.0. The molecule has 2 heterocycles. The molecule has 26 heavy (non-hydrogen) atoms. The van der Waals surface area contributed by atoms with Crippen molar-refractivity contribution in [3.05, 3.63) is 23.9 Å². The highest BCUT2D eigenvalue weighted by atomic mass is 32.2. The number of aromatic nitrogens is 1. The first-order chi connectivity index (χ1) is 12.8. The van der Waals surface area contributed by atoms with E-state index in [1.165, 1.54) is 50.5 Å². The van der Waals surface area contributed by atoms with Crippen LogP contribution in [-0.2, 0) is 6.54 Å².